The lowest BCUT2D eigenvalue weighted by Crippen LogP contribution is -2.32. The minimum atomic E-state index is -0.528. The Morgan fingerprint density at radius 1 is 1.30 bits per heavy atom. The molecule has 20 heavy (non-hydrogen) atoms. The van der Waals surface area contributed by atoms with Crippen LogP contribution in [-0.2, 0) is 4.79 Å². The number of anilines is 1. The van der Waals surface area contributed by atoms with E-state index in [1.165, 1.54) is 0 Å². The van der Waals surface area contributed by atoms with Crippen molar-refractivity contribution in [3.8, 4) is 5.75 Å². The number of ether oxygens (including phenoxy) is 1. The second kappa shape index (κ2) is 6.70. The van der Waals surface area contributed by atoms with E-state index < -0.39 is 6.10 Å². The van der Waals surface area contributed by atoms with Crippen molar-refractivity contribution in [3.05, 3.63) is 54.2 Å². The zero-order valence-electron chi connectivity index (χ0n) is 11.7. The first kappa shape index (κ1) is 14.1. The van der Waals surface area contributed by atoms with E-state index in [-0.39, 0.29) is 5.91 Å². The third-order valence-electron chi connectivity index (χ3n) is 2.85. The van der Waals surface area contributed by atoms with Crippen LogP contribution in [0.25, 0.3) is 0 Å². The van der Waals surface area contributed by atoms with E-state index in [9.17, 15) is 4.79 Å². The molecule has 4 heteroatoms. The Hall–Kier alpha value is -2.36. The summed E-state index contributed by atoms with van der Waals surface area (Å²) in [5.74, 6) is 1.05. The van der Waals surface area contributed by atoms with E-state index in [0.29, 0.717) is 18.0 Å². The normalized spacial score (nSPS) is 11.7. The molecule has 0 bridgehead atoms. The molecular weight excluding hydrogens is 252 g/mol. The summed E-state index contributed by atoms with van der Waals surface area (Å²) in [6.07, 6.45) is 1.73. The average Bonchev–Trinajstić information content (AvgIpc) is 2.45. The molecule has 0 aliphatic rings. The summed E-state index contributed by atoms with van der Waals surface area (Å²) in [6.45, 7) is 3.87. The van der Waals surface area contributed by atoms with Crippen LogP contribution in [0.1, 0.15) is 18.9 Å². The van der Waals surface area contributed by atoms with Gasteiger partial charge in [0.25, 0.3) is 5.91 Å². The number of rotatable bonds is 5. The number of aromatic nitrogens is 1. The molecule has 0 aliphatic carbocycles. The van der Waals surface area contributed by atoms with Crippen LogP contribution in [-0.4, -0.2) is 17.0 Å². The molecule has 0 unspecified atom stereocenters. The topological polar surface area (TPSA) is 51.2 Å². The molecule has 0 spiro atoms. The number of nitrogens with zero attached hydrogens (tertiary/aromatic N) is 1. The number of nitrogens with one attached hydrogen (secondary N) is 1. The number of pyridine rings is 1. The van der Waals surface area contributed by atoms with E-state index in [0.717, 1.165) is 5.56 Å². The molecule has 4 nitrogen and oxygen atoms in total. The highest BCUT2D eigenvalue weighted by atomic mass is 16.5. The Labute approximate surface area is 118 Å². The summed E-state index contributed by atoms with van der Waals surface area (Å²) in [6, 6.07) is 13.0. The minimum absolute atomic E-state index is 0.186. The van der Waals surface area contributed by atoms with Gasteiger partial charge in [-0.3, -0.25) is 4.79 Å². The van der Waals surface area contributed by atoms with Crippen molar-refractivity contribution < 1.29 is 9.53 Å². The van der Waals surface area contributed by atoms with Gasteiger partial charge in [0.1, 0.15) is 11.6 Å². The Balaban J connectivity index is 2.02. The first-order valence-electron chi connectivity index (χ1n) is 6.64. The lowest BCUT2D eigenvalue weighted by molar-refractivity contribution is -0.122. The molecule has 1 heterocycles. The lowest BCUT2D eigenvalue weighted by Gasteiger charge is -2.17. The number of hydrogen-bond donors (Lipinski definition) is 1. The molecule has 0 fully saturated rings. The molecule has 2 aromatic rings. The predicted octanol–water partition coefficient (Wildman–Crippen LogP) is 3.19. The number of carbonyl (C=O) groups excluding carboxylic acids is 1. The van der Waals surface area contributed by atoms with Crippen molar-refractivity contribution in [1.82, 2.24) is 4.98 Å². The quantitative estimate of drug-likeness (QED) is 0.907. The van der Waals surface area contributed by atoms with Crippen LogP contribution in [0.4, 0.5) is 5.82 Å². The summed E-state index contributed by atoms with van der Waals surface area (Å²) in [7, 11) is 0. The van der Waals surface area contributed by atoms with Gasteiger partial charge in [-0.25, -0.2) is 4.98 Å². The monoisotopic (exact) mass is 270 g/mol. The lowest BCUT2D eigenvalue weighted by atomic mass is 10.2. The van der Waals surface area contributed by atoms with Crippen molar-refractivity contribution in [1.29, 1.82) is 0 Å². The number of para-hydroxylation sites is 1. The predicted molar refractivity (Wildman–Crippen MR) is 78.8 cm³/mol. The van der Waals surface area contributed by atoms with Gasteiger partial charge in [0, 0.05) is 6.20 Å². The largest absolute Gasteiger partial charge is 0.481 e. The van der Waals surface area contributed by atoms with Crippen LogP contribution in [0.3, 0.4) is 0 Å². The minimum Gasteiger partial charge on any atom is -0.481 e. The van der Waals surface area contributed by atoms with Gasteiger partial charge in [-0.2, -0.15) is 0 Å². The van der Waals surface area contributed by atoms with E-state index in [4.69, 9.17) is 4.74 Å². The van der Waals surface area contributed by atoms with E-state index in [2.05, 4.69) is 10.3 Å². The molecule has 1 aromatic heterocycles. The smallest absolute Gasteiger partial charge is 0.266 e. The highest BCUT2D eigenvalue weighted by molar-refractivity contribution is 5.93. The van der Waals surface area contributed by atoms with Gasteiger partial charge in [-0.15, -0.1) is 0 Å². The zero-order valence-corrected chi connectivity index (χ0v) is 11.7. The van der Waals surface area contributed by atoms with Gasteiger partial charge in [-0.05, 0) is 43.2 Å². The summed E-state index contributed by atoms with van der Waals surface area (Å²) >= 11 is 0. The third-order valence-corrected chi connectivity index (χ3v) is 2.85. The molecular formula is C16H18N2O2. The van der Waals surface area contributed by atoms with Crippen LogP contribution in [0.2, 0.25) is 0 Å². The van der Waals surface area contributed by atoms with Crippen molar-refractivity contribution in [2.24, 2.45) is 0 Å². The number of amides is 1. The maximum atomic E-state index is 12.2. The average molecular weight is 270 g/mol. The summed E-state index contributed by atoms with van der Waals surface area (Å²) in [5.41, 5.74) is 1.05. The van der Waals surface area contributed by atoms with Crippen molar-refractivity contribution in [2.45, 2.75) is 26.4 Å². The van der Waals surface area contributed by atoms with Crippen LogP contribution in [0.15, 0.2) is 48.7 Å². The molecule has 0 aliphatic heterocycles. The summed E-state index contributed by atoms with van der Waals surface area (Å²) in [5, 5.41) is 2.78. The first-order chi connectivity index (χ1) is 9.69. The van der Waals surface area contributed by atoms with E-state index in [1.54, 1.807) is 6.20 Å². The number of benzene rings is 1. The zero-order chi connectivity index (χ0) is 14.4. The third kappa shape index (κ3) is 3.82. The number of carbonyl (C=O) groups is 1. The van der Waals surface area contributed by atoms with Gasteiger partial charge in [0.2, 0.25) is 0 Å². The summed E-state index contributed by atoms with van der Waals surface area (Å²) in [4.78, 5) is 16.3. The maximum absolute atomic E-state index is 12.2. The molecule has 2 rings (SSSR count). The Kier molecular flexibility index (Phi) is 4.71. The van der Waals surface area contributed by atoms with Gasteiger partial charge in [0.15, 0.2) is 6.10 Å². The van der Waals surface area contributed by atoms with Gasteiger partial charge in [0.05, 0.1) is 0 Å². The van der Waals surface area contributed by atoms with Gasteiger partial charge in [-0.1, -0.05) is 25.1 Å². The molecule has 104 valence electrons. The molecule has 1 atom stereocenters. The van der Waals surface area contributed by atoms with Crippen molar-refractivity contribution in [2.75, 3.05) is 5.32 Å². The highest BCUT2D eigenvalue weighted by Gasteiger charge is 2.18. The van der Waals surface area contributed by atoms with Crippen LogP contribution >= 0.6 is 0 Å². The SMILES string of the molecule is CC[C@@H](Oc1ccccc1)C(=O)Nc1cc(C)ccn1. The van der Waals surface area contributed by atoms with Crippen LogP contribution < -0.4 is 10.1 Å². The Morgan fingerprint density at radius 2 is 2.05 bits per heavy atom. The van der Waals surface area contributed by atoms with Crippen molar-refractivity contribution in [3.63, 3.8) is 0 Å². The number of hydrogen-bond acceptors (Lipinski definition) is 3. The molecule has 0 saturated heterocycles. The standard InChI is InChI=1S/C16H18N2O2/c1-3-14(20-13-7-5-4-6-8-13)16(19)18-15-11-12(2)9-10-17-15/h4-11,14H,3H2,1-2H3,(H,17,18,19)/t14-/m1/s1. The van der Waals surface area contributed by atoms with Crippen LogP contribution in [0, 0.1) is 6.92 Å². The number of aryl methyl sites for hydroxylation is 1. The van der Waals surface area contributed by atoms with Gasteiger partial charge >= 0.3 is 0 Å². The molecule has 1 aromatic carbocycles. The molecule has 0 radical (unpaired) electrons. The fourth-order valence-electron chi connectivity index (χ4n) is 1.80. The second-order valence-corrected chi connectivity index (χ2v) is 4.54. The molecule has 0 saturated carbocycles. The fourth-order valence-corrected chi connectivity index (χ4v) is 1.80. The Morgan fingerprint density at radius 3 is 2.70 bits per heavy atom. The maximum Gasteiger partial charge on any atom is 0.266 e. The first-order valence-corrected chi connectivity index (χ1v) is 6.64. The fraction of sp³-hybridized carbons (Fsp3) is 0.250. The van der Waals surface area contributed by atoms with E-state index >= 15 is 0 Å². The highest BCUT2D eigenvalue weighted by Crippen LogP contribution is 2.14. The Bertz CT molecular complexity index is 570. The second-order valence-electron chi connectivity index (χ2n) is 4.54. The van der Waals surface area contributed by atoms with Gasteiger partial charge < -0.3 is 10.1 Å². The molecule has 1 amide bonds. The van der Waals surface area contributed by atoms with E-state index in [1.807, 2.05) is 56.3 Å². The van der Waals surface area contributed by atoms with Crippen LogP contribution in [0.5, 0.6) is 5.75 Å². The van der Waals surface area contributed by atoms with Crippen molar-refractivity contribution >= 4 is 11.7 Å². The molecule has 1 N–H and O–H groups in total. The summed E-state index contributed by atoms with van der Waals surface area (Å²) < 4.78 is 5.69.